The second-order valence-electron chi connectivity index (χ2n) is 3.46. The predicted octanol–water partition coefficient (Wildman–Crippen LogP) is 3.41. The molecule has 1 atom stereocenters. The zero-order chi connectivity index (χ0) is 11.1. The average Bonchev–Trinajstić information content (AvgIpc) is 2.19. The first kappa shape index (κ1) is 11.0. The molecule has 0 saturated carbocycles. The topological polar surface area (TPSA) is 9.23 Å². The third-order valence-corrected chi connectivity index (χ3v) is 2.93. The van der Waals surface area contributed by atoms with E-state index in [2.05, 4.69) is 15.9 Å². The van der Waals surface area contributed by atoms with Crippen LogP contribution in [-0.2, 0) is 17.0 Å². The second kappa shape index (κ2) is 3.79. The molecule has 15 heavy (non-hydrogen) atoms. The Hall–Kier alpha value is -0.550. The first-order valence-electron chi connectivity index (χ1n) is 4.38. The van der Waals surface area contributed by atoms with Gasteiger partial charge in [-0.2, -0.15) is 0 Å². The molecule has 1 unspecified atom stereocenters. The van der Waals surface area contributed by atoms with Crippen molar-refractivity contribution in [2.45, 2.75) is 18.7 Å². The SMILES string of the molecule is FC(F)C1(F)COCc2ccc(Br)cc21. The van der Waals surface area contributed by atoms with Gasteiger partial charge in [0.1, 0.15) is 0 Å². The summed E-state index contributed by atoms with van der Waals surface area (Å²) in [5.41, 5.74) is -2.18. The minimum atomic E-state index is -3.08. The highest BCUT2D eigenvalue weighted by Crippen LogP contribution is 2.39. The Morgan fingerprint density at radius 2 is 2.13 bits per heavy atom. The van der Waals surface area contributed by atoms with Crippen LogP contribution >= 0.6 is 15.9 Å². The third kappa shape index (κ3) is 1.78. The summed E-state index contributed by atoms with van der Waals surface area (Å²) >= 11 is 3.14. The molecule has 0 fully saturated rings. The number of rotatable bonds is 1. The van der Waals surface area contributed by atoms with Crippen LogP contribution in [0.15, 0.2) is 22.7 Å². The molecule has 2 rings (SSSR count). The van der Waals surface area contributed by atoms with Gasteiger partial charge in [-0.1, -0.05) is 22.0 Å². The normalized spacial score (nSPS) is 25.4. The number of alkyl halides is 3. The highest BCUT2D eigenvalue weighted by atomic mass is 79.9. The van der Waals surface area contributed by atoms with Crippen LogP contribution in [0.25, 0.3) is 0 Å². The summed E-state index contributed by atoms with van der Waals surface area (Å²) in [4.78, 5) is 0. The molecule has 1 nitrogen and oxygen atoms in total. The zero-order valence-electron chi connectivity index (χ0n) is 7.64. The van der Waals surface area contributed by atoms with Crippen LogP contribution in [0.5, 0.6) is 0 Å². The number of halogens is 4. The molecule has 82 valence electrons. The summed E-state index contributed by atoms with van der Waals surface area (Å²) in [7, 11) is 0. The van der Waals surface area contributed by atoms with Crippen molar-refractivity contribution in [3.8, 4) is 0 Å². The first-order valence-corrected chi connectivity index (χ1v) is 5.17. The van der Waals surface area contributed by atoms with Crippen LogP contribution in [-0.4, -0.2) is 13.0 Å². The summed E-state index contributed by atoms with van der Waals surface area (Å²) in [6.07, 6.45) is -3.08. The molecule has 0 N–H and O–H groups in total. The standard InChI is InChI=1S/C10H8BrF3O/c11-7-2-1-6-4-15-5-10(14,9(12)13)8(6)3-7/h1-3,9H,4-5H2. The van der Waals surface area contributed by atoms with Crippen LogP contribution < -0.4 is 0 Å². The number of fused-ring (bicyclic) bond motifs is 1. The maximum Gasteiger partial charge on any atom is 0.278 e. The fraction of sp³-hybridized carbons (Fsp3) is 0.400. The monoisotopic (exact) mass is 280 g/mol. The van der Waals surface area contributed by atoms with Crippen molar-refractivity contribution in [3.63, 3.8) is 0 Å². The minimum absolute atomic E-state index is 0.0260. The Labute approximate surface area is 93.4 Å². The molecular formula is C10H8BrF3O. The minimum Gasteiger partial charge on any atom is -0.373 e. The molecule has 5 heteroatoms. The molecule has 0 bridgehead atoms. The largest absolute Gasteiger partial charge is 0.373 e. The smallest absolute Gasteiger partial charge is 0.278 e. The Kier molecular flexibility index (Phi) is 2.77. The molecule has 1 aromatic rings. The van der Waals surface area contributed by atoms with E-state index >= 15 is 0 Å². The van der Waals surface area contributed by atoms with Gasteiger partial charge in [0, 0.05) is 10.0 Å². The molecule has 0 radical (unpaired) electrons. The highest BCUT2D eigenvalue weighted by Gasteiger charge is 2.46. The molecular weight excluding hydrogens is 273 g/mol. The van der Waals surface area contributed by atoms with E-state index in [1.807, 2.05) is 0 Å². The van der Waals surface area contributed by atoms with Gasteiger partial charge in [0.15, 0.2) is 0 Å². The van der Waals surface area contributed by atoms with Crippen LogP contribution in [0.1, 0.15) is 11.1 Å². The Morgan fingerprint density at radius 3 is 2.80 bits per heavy atom. The Balaban J connectivity index is 2.54. The molecule has 1 aliphatic heterocycles. The predicted molar refractivity (Wildman–Crippen MR) is 52.6 cm³/mol. The van der Waals surface area contributed by atoms with E-state index in [1.54, 1.807) is 12.1 Å². The van der Waals surface area contributed by atoms with Gasteiger partial charge in [0.05, 0.1) is 13.2 Å². The number of benzene rings is 1. The summed E-state index contributed by atoms with van der Waals surface area (Å²) < 4.78 is 44.7. The maximum absolute atomic E-state index is 14.0. The number of hydrogen-bond donors (Lipinski definition) is 0. The molecule has 1 aliphatic rings. The average molecular weight is 281 g/mol. The van der Waals surface area contributed by atoms with E-state index in [-0.39, 0.29) is 12.2 Å². The van der Waals surface area contributed by atoms with Gasteiger partial charge < -0.3 is 4.74 Å². The van der Waals surface area contributed by atoms with Crippen molar-refractivity contribution < 1.29 is 17.9 Å². The number of hydrogen-bond acceptors (Lipinski definition) is 1. The van der Waals surface area contributed by atoms with Crippen molar-refractivity contribution in [1.29, 1.82) is 0 Å². The van der Waals surface area contributed by atoms with E-state index in [9.17, 15) is 13.2 Å². The second-order valence-corrected chi connectivity index (χ2v) is 4.37. The van der Waals surface area contributed by atoms with Crippen LogP contribution in [0.2, 0.25) is 0 Å². The lowest BCUT2D eigenvalue weighted by Crippen LogP contribution is -2.38. The van der Waals surface area contributed by atoms with E-state index in [1.165, 1.54) is 6.07 Å². The lowest BCUT2D eigenvalue weighted by molar-refractivity contribution is -0.107. The Bertz CT molecular complexity index is 383. The van der Waals surface area contributed by atoms with E-state index in [0.717, 1.165) is 0 Å². The van der Waals surface area contributed by atoms with Gasteiger partial charge in [-0.25, -0.2) is 13.2 Å². The van der Waals surface area contributed by atoms with Crippen LogP contribution in [0, 0.1) is 0 Å². The van der Waals surface area contributed by atoms with E-state index < -0.39 is 18.7 Å². The lowest BCUT2D eigenvalue weighted by atomic mass is 9.90. The van der Waals surface area contributed by atoms with Crippen molar-refractivity contribution in [1.82, 2.24) is 0 Å². The maximum atomic E-state index is 14.0. The molecule has 1 aromatic carbocycles. The van der Waals surface area contributed by atoms with Crippen molar-refractivity contribution in [2.24, 2.45) is 0 Å². The van der Waals surface area contributed by atoms with Gasteiger partial charge in [0.2, 0.25) is 5.67 Å². The summed E-state index contributed by atoms with van der Waals surface area (Å²) in [5.74, 6) is 0. The fourth-order valence-electron chi connectivity index (χ4n) is 1.63. The van der Waals surface area contributed by atoms with Crippen LogP contribution in [0.4, 0.5) is 13.2 Å². The van der Waals surface area contributed by atoms with Crippen molar-refractivity contribution in [2.75, 3.05) is 6.61 Å². The quantitative estimate of drug-likeness (QED) is 0.766. The summed E-state index contributed by atoms with van der Waals surface area (Å²) in [6.45, 7) is -0.408. The molecule has 0 spiro atoms. The molecule has 0 saturated heterocycles. The van der Waals surface area contributed by atoms with Gasteiger partial charge in [-0.05, 0) is 17.7 Å². The first-order chi connectivity index (χ1) is 7.04. The van der Waals surface area contributed by atoms with Crippen molar-refractivity contribution in [3.05, 3.63) is 33.8 Å². The van der Waals surface area contributed by atoms with Gasteiger partial charge in [-0.3, -0.25) is 0 Å². The Morgan fingerprint density at radius 1 is 1.40 bits per heavy atom. The lowest BCUT2D eigenvalue weighted by Gasteiger charge is -2.31. The third-order valence-electron chi connectivity index (χ3n) is 2.44. The van der Waals surface area contributed by atoms with Gasteiger partial charge >= 0.3 is 0 Å². The van der Waals surface area contributed by atoms with Gasteiger partial charge in [-0.15, -0.1) is 0 Å². The molecule has 0 aromatic heterocycles. The van der Waals surface area contributed by atoms with E-state index in [4.69, 9.17) is 4.74 Å². The summed E-state index contributed by atoms with van der Waals surface area (Å²) in [5, 5.41) is 0. The zero-order valence-corrected chi connectivity index (χ0v) is 9.23. The van der Waals surface area contributed by atoms with Crippen LogP contribution in [0.3, 0.4) is 0 Å². The summed E-state index contributed by atoms with van der Waals surface area (Å²) in [6, 6.07) is 4.67. The van der Waals surface area contributed by atoms with Crippen molar-refractivity contribution >= 4 is 15.9 Å². The fourth-order valence-corrected chi connectivity index (χ4v) is 1.99. The molecule has 0 aliphatic carbocycles. The molecule has 0 amide bonds. The van der Waals surface area contributed by atoms with E-state index in [0.29, 0.717) is 10.0 Å². The highest BCUT2D eigenvalue weighted by molar-refractivity contribution is 9.10. The number of ether oxygens (including phenoxy) is 1. The molecule has 1 heterocycles. The van der Waals surface area contributed by atoms with Gasteiger partial charge in [0.25, 0.3) is 6.43 Å².